The summed E-state index contributed by atoms with van der Waals surface area (Å²) < 4.78 is 1.07. The number of aromatic nitrogens is 2. The van der Waals surface area contributed by atoms with Crippen LogP contribution in [0.4, 0.5) is 23.1 Å². The molecule has 37 heavy (non-hydrogen) atoms. The molecule has 1 amide bonds. The maximum Gasteiger partial charge on any atom is 0.243 e. The van der Waals surface area contributed by atoms with Crippen LogP contribution >= 0.6 is 11.3 Å². The van der Waals surface area contributed by atoms with E-state index in [-0.39, 0.29) is 11.9 Å². The molecule has 0 bridgehead atoms. The van der Waals surface area contributed by atoms with Gasteiger partial charge >= 0.3 is 0 Å². The molecule has 2 aliphatic rings. The summed E-state index contributed by atoms with van der Waals surface area (Å²) in [7, 11) is 2.19. The number of carbonyl (C=O) groups excluding carboxylic acids is 1. The van der Waals surface area contributed by atoms with E-state index >= 15 is 0 Å². The molecule has 1 aliphatic heterocycles. The number of anilines is 4. The van der Waals surface area contributed by atoms with Crippen molar-refractivity contribution in [3.8, 4) is 0 Å². The van der Waals surface area contributed by atoms with Gasteiger partial charge in [-0.05, 0) is 107 Å². The number of amides is 1. The molecular weight excluding hydrogens is 482 g/mol. The number of thiophene rings is 1. The van der Waals surface area contributed by atoms with Crippen LogP contribution in [0.25, 0.3) is 10.2 Å². The minimum absolute atomic E-state index is 0.0934. The summed E-state index contributed by atoms with van der Waals surface area (Å²) in [5.74, 6) is 1.37. The molecule has 8 nitrogen and oxygen atoms in total. The number of hydrogen-bond acceptors (Lipinski definition) is 8. The molecule has 2 fully saturated rings. The highest BCUT2D eigenvalue weighted by atomic mass is 32.1. The molecule has 1 aliphatic carbocycles. The smallest absolute Gasteiger partial charge is 0.243 e. The number of piperidine rings is 1. The van der Waals surface area contributed by atoms with Crippen LogP contribution in [-0.2, 0) is 4.79 Å². The Hall–Kier alpha value is -3.17. The van der Waals surface area contributed by atoms with E-state index in [0.717, 1.165) is 60.5 Å². The molecular formula is C28H37N7OS. The van der Waals surface area contributed by atoms with Crippen molar-refractivity contribution in [3.05, 3.63) is 47.9 Å². The highest BCUT2D eigenvalue weighted by Crippen LogP contribution is 2.31. The standard InChI is InChI=1S/C28H37N7OS/c1-4-25(36)30-19-5-7-20(8-6-19)31-27-26-24(13-16-37-26)33-28(34-27)32-22-9-10-23(18(2)17-22)29-21-11-14-35(3)15-12-21/h4,9-10,13,16-17,19-21,29H,1,5-8,11-12,14-15H2,2-3H3,(H,30,36)(H2,31,32,33,34). The van der Waals surface area contributed by atoms with Crippen LogP contribution in [0.15, 0.2) is 42.3 Å². The van der Waals surface area contributed by atoms with Crippen molar-refractivity contribution in [2.75, 3.05) is 36.1 Å². The van der Waals surface area contributed by atoms with Gasteiger partial charge in [0.25, 0.3) is 0 Å². The van der Waals surface area contributed by atoms with Crippen molar-refractivity contribution in [3.63, 3.8) is 0 Å². The molecule has 2 aromatic heterocycles. The van der Waals surface area contributed by atoms with E-state index in [1.807, 2.05) is 6.07 Å². The van der Waals surface area contributed by atoms with Gasteiger partial charge in [0.2, 0.25) is 11.9 Å². The van der Waals surface area contributed by atoms with Gasteiger partial charge in [0.05, 0.1) is 10.2 Å². The molecule has 1 saturated heterocycles. The van der Waals surface area contributed by atoms with Crippen LogP contribution < -0.4 is 21.3 Å². The van der Waals surface area contributed by atoms with Gasteiger partial charge in [0.15, 0.2) is 0 Å². The van der Waals surface area contributed by atoms with Crippen molar-refractivity contribution < 1.29 is 4.79 Å². The Morgan fingerprint density at radius 3 is 2.49 bits per heavy atom. The van der Waals surface area contributed by atoms with Gasteiger partial charge in [-0.2, -0.15) is 4.98 Å². The lowest BCUT2D eigenvalue weighted by Gasteiger charge is -2.30. The zero-order chi connectivity index (χ0) is 25.8. The monoisotopic (exact) mass is 519 g/mol. The summed E-state index contributed by atoms with van der Waals surface area (Å²) in [6, 6.07) is 9.51. The number of hydrogen-bond donors (Lipinski definition) is 4. The summed E-state index contributed by atoms with van der Waals surface area (Å²) in [5.41, 5.74) is 4.32. The van der Waals surface area contributed by atoms with Crippen molar-refractivity contribution >= 4 is 50.6 Å². The fourth-order valence-corrected chi connectivity index (χ4v) is 6.04. The number of fused-ring (bicyclic) bond motifs is 1. The first-order chi connectivity index (χ1) is 18.0. The molecule has 1 aromatic carbocycles. The average Bonchev–Trinajstić information content (AvgIpc) is 3.37. The predicted molar refractivity (Wildman–Crippen MR) is 154 cm³/mol. The first-order valence-electron chi connectivity index (χ1n) is 13.2. The summed E-state index contributed by atoms with van der Waals surface area (Å²) in [6.45, 7) is 7.97. The first kappa shape index (κ1) is 25.5. The van der Waals surface area contributed by atoms with Gasteiger partial charge in [0, 0.05) is 29.5 Å². The SMILES string of the molecule is C=CC(=O)NC1CCC(Nc2nc(Nc3ccc(NC4CCN(C)CC4)c(C)c3)nc3ccsc23)CC1. The number of aryl methyl sites for hydroxylation is 1. The average molecular weight is 520 g/mol. The Kier molecular flexibility index (Phi) is 7.90. The normalized spacial score (nSPS) is 20.9. The summed E-state index contributed by atoms with van der Waals surface area (Å²) in [5, 5.41) is 15.9. The van der Waals surface area contributed by atoms with E-state index < -0.39 is 0 Å². The molecule has 0 unspecified atom stereocenters. The minimum atomic E-state index is -0.0934. The van der Waals surface area contributed by atoms with E-state index in [2.05, 4.69) is 70.3 Å². The zero-order valence-corrected chi connectivity index (χ0v) is 22.5. The second-order valence-corrected chi connectivity index (χ2v) is 11.2. The number of rotatable bonds is 8. The largest absolute Gasteiger partial charge is 0.382 e. The molecule has 3 heterocycles. The fourth-order valence-electron chi connectivity index (χ4n) is 5.26. The minimum Gasteiger partial charge on any atom is -0.382 e. The quantitative estimate of drug-likeness (QED) is 0.301. The lowest BCUT2D eigenvalue weighted by atomic mass is 9.91. The molecule has 9 heteroatoms. The summed E-state index contributed by atoms with van der Waals surface area (Å²) >= 11 is 1.66. The first-order valence-corrected chi connectivity index (χ1v) is 14.1. The number of nitrogens with one attached hydrogen (secondary N) is 4. The molecule has 3 aromatic rings. The molecule has 1 saturated carbocycles. The highest BCUT2D eigenvalue weighted by Gasteiger charge is 2.23. The van der Waals surface area contributed by atoms with Crippen molar-refractivity contribution in [2.45, 2.75) is 63.6 Å². The fraction of sp³-hybridized carbons (Fsp3) is 0.464. The number of benzene rings is 1. The lowest BCUT2D eigenvalue weighted by molar-refractivity contribution is -0.117. The van der Waals surface area contributed by atoms with Crippen molar-refractivity contribution in [1.82, 2.24) is 20.2 Å². The van der Waals surface area contributed by atoms with Gasteiger partial charge in [0.1, 0.15) is 5.82 Å². The van der Waals surface area contributed by atoms with E-state index in [1.54, 1.807) is 11.3 Å². The van der Waals surface area contributed by atoms with Crippen LogP contribution in [0.5, 0.6) is 0 Å². The molecule has 0 atom stereocenters. The molecule has 0 radical (unpaired) electrons. The van der Waals surface area contributed by atoms with Crippen LogP contribution in [0.1, 0.15) is 44.1 Å². The van der Waals surface area contributed by atoms with Gasteiger partial charge in [-0.25, -0.2) is 4.98 Å². The van der Waals surface area contributed by atoms with Crippen LogP contribution in [-0.4, -0.2) is 59.0 Å². The van der Waals surface area contributed by atoms with E-state index in [1.165, 1.54) is 30.2 Å². The van der Waals surface area contributed by atoms with Gasteiger partial charge in [-0.3, -0.25) is 4.79 Å². The molecule has 4 N–H and O–H groups in total. The van der Waals surface area contributed by atoms with Crippen LogP contribution in [0.2, 0.25) is 0 Å². The third-order valence-electron chi connectivity index (χ3n) is 7.46. The highest BCUT2D eigenvalue weighted by molar-refractivity contribution is 7.17. The lowest BCUT2D eigenvalue weighted by Crippen LogP contribution is -2.39. The zero-order valence-electron chi connectivity index (χ0n) is 21.7. The molecule has 5 rings (SSSR count). The van der Waals surface area contributed by atoms with Gasteiger partial charge < -0.3 is 26.2 Å². The molecule has 0 spiro atoms. The summed E-state index contributed by atoms with van der Waals surface area (Å²) in [6.07, 6.45) is 7.53. The van der Waals surface area contributed by atoms with Crippen LogP contribution in [0.3, 0.4) is 0 Å². The predicted octanol–water partition coefficient (Wildman–Crippen LogP) is 5.27. The third kappa shape index (κ3) is 6.40. The Labute approximate surface area is 223 Å². The van der Waals surface area contributed by atoms with E-state index in [4.69, 9.17) is 9.97 Å². The van der Waals surface area contributed by atoms with Crippen molar-refractivity contribution in [2.24, 2.45) is 0 Å². The maximum atomic E-state index is 11.6. The molecule has 196 valence electrons. The Morgan fingerprint density at radius 2 is 1.76 bits per heavy atom. The Bertz CT molecular complexity index is 1240. The number of carbonyl (C=O) groups is 1. The Balaban J connectivity index is 1.25. The van der Waals surface area contributed by atoms with Gasteiger partial charge in [-0.1, -0.05) is 6.58 Å². The topological polar surface area (TPSA) is 94.2 Å². The maximum absolute atomic E-state index is 11.6. The van der Waals surface area contributed by atoms with Crippen LogP contribution in [0, 0.1) is 6.92 Å². The number of nitrogens with zero attached hydrogens (tertiary/aromatic N) is 3. The summed E-state index contributed by atoms with van der Waals surface area (Å²) in [4.78, 5) is 23.6. The second-order valence-electron chi connectivity index (χ2n) is 10.3. The third-order valence-corrected chi connectivity index (χ3v) is 8.37. The Morgan fingerprint density at radius 1 is 1.03 bits per heavy atom. The van der Waals surface area contributed by atoms with E-state index in [0.29, 0.717) is 18.0 Å². The second kappa shape index (κ2) is 11.5. The number of likely N-dealkylation sites (tertiary alicyclic amines) is 1. The van der Waals surface area contributed by atoms with E-state index in [9.17, 15) is 4.79 Å². The van der Waals surface area contributed by atoms with Crippen molar-refractivity contribution in [1.29, 1.82) is 0 Å². The van der Waals surface area contributed by atoms with Gasteiger partial charge in [-0.15, -0.1) is 11.3 Å².